The number of hydrogen-bond acceptors (Lipinski definition) is 2. The molecular weight excluding hydrogens is 248 g/mol. The molecule has 0 unspecified atom stereocenters. The van der Waals surface area contributed by atoms with Crippen LogP contribution in [0.15, 0.2) is 48.5 Å². The summed E-state index contributed by atoms with van der Waals surface area (Å²) in [6.07, 6.45) is 0.883. The Morgan fingerprint density at radius 1 is 1.10 bits per heavy atom. The van der Waals surface area contributed by atoms with E-state index in [-0.39, 0.29) is 11.7 Å². The molecule has 0 spiro atoms. The highest BCUT2D eigenvalue weighted by Gasteiger charge is 2.33. The summed E-state index contributed by atoms with van der Waals surface area (Å²) in [5.41, 5.74) is 3.90. The highest BCUT2D eigenvalue weighted by molar-refractivity contribution is 5.98. The molecule has 2 atom stereocenters. The fourth-order valence-corrected chi connectivity index (χ4v) is 2.94. The monoisotopic (exact) mass is 266 g/mol. The van der Waals surface area contributed by atoms with E-state index in [1.54, 1.807) is 0 Å². The van der Waals surface area contributed by atoms with Gasteiger partial charge in [-0.15, -0.1) is 0 Å². The number of aryl methyl sites for hydroxylation is 2. The maximum atomic E-state index is 12.6. The van der Waals surface area contributed by atoms with Crippen LogP contribution in [0.25, 0.3) is 0 Å². The molecule has 0 aromatic heterocycles. The van der Waals surface area contributed by atoms with Crippen LogP contribution in [0.4, 0.5) is 0 Å². The van der Waals surface area contributed by atoms with E-state index >= 15 is 0 Å². The zero-order chi connectivity index (χ0) is 14.1. The lowest BCUT2D eigenvalue weighted by atomic mass is 9.78. The van der Waals surface area contributed by atoms with Crippen molar-refractivity contribution in [2.75, 3.05) is 0 Å². The van der Waals surface area contributed by atoms with Gasteiger partial charge in [-0.2, -0.15) is 0 Å². The summed E-state index contributed by atoms with van der Waals surface area (Å²) in [6, 6.07) is 15.4. The molecule has 3 rings (SSSR count). The van der Waals surface area contributed by atoms with Crippen LogP contribution in [-0.2, 0) is 6.42 Å². The number of carbonyl (C=O) groups excluding carboxylic acids is 1. The summed E-state index contributed by atoms with van der Waals surface area (Å²) in [7, 11) is 0. The Kier molecular flexibility index (Phi) is 3.41. The van der Waals surface area contributed by atoms with Gasteiger partial charge < -0.3 is 5.11 Å². The van der Waals surface area contributed by atoms with Gasteiger partial charge in [0.25, 0.3) is 0 Å². The second-order valence-corrected chi connectivity index (χ2v) is 5.52. The number of carbonyl (C=O) groups is 1. The molecule has 102 valence electrons. The minimum atomic E-state index is -0.686. The lowest BCUT2D eigenvalue weighted by Crippen LogP contribution is -2.27. The average Bonchev–Trinajstić information content (AvgIpc) is 2.48. The zero-order valence-electron chi connectivity index (χ0n) is 11.5. The number of benzene rings is 2. The maximum Gasteiger partial charge on any atom is 0.168 e. The molecule has 0 heterocycles. The first-order valence-electron chi connectivity index (χ1n) is 7.03. The summed E-state index contributed by atoms with van der Waals surface area (Å²) in [5, 5.41) is 10.5. The van der Waals surface area contributed by atoms with Crippen LogP contribution in [0.2, 0.25) is 0 Å². The highest BCUT2D eigenvalue weighted by atomic mass is 16.3. The molecule has 2 nitrogen and oxygen atoms in total. The van der Waals surface area contributed by atoms with E-state index in [1.165, 1.54) is 0 Å². The van der Waals surface area contributed by atoms with Crippen LogP contribution in [0.1, 0.15) is 39.6 Å². The third-order valence-corrected chi connectivity index (χ3v) is 4.15. The number of fused-ring (bicyclic) bond motifs is 1. The van der Waals surface area contributed by atoms with Crippen LogP contribution in [-0.4, -0.2) is 10.9 Å². The summed E-state index contributed by atoms with van der Waals surface area (Å²) in [4.78, 5) is 12.6. The molecule has 0 bridgehead atoms. The predicted molar refractivity (Wildman–Crippen MR) is 78.7 cm³/mol. The van der Waals surface area contributed by atoms with E-state index in [0.717, 1.165) is 23.1 Å². The highest BCUT2D eigenvalue weighted by Crippen LogP contribution is 2.36. The summed E-state index contributed by atoms with van der Waals surface area (Å²) >= 11 is 0. The van der Waals surface area contributed by atoms with Gasteiger partial charge in [-0.1, -0.05) is 54.1 Å². The third kappa shape index (κ3) is 2.27. The Hall–Kier alpha value is -1.93. The van der Waals surface area contributed by atoms with Crippen molar-refractivity contribution in [3.8, 4) is 0 Å². The van der Waals surface area contributed by atoms with Gasteiger partial charge in [0.05, 0.1) is 12.0 Å². The molecule has 0 radical (unpaired) electrons. The number of aliphatic hydroxyl groups is 1. The van der Waals surface area contributed by atoms with Crippen molar-refractivity contribution in [1.82, 2.24) is 0 Å². The summed E-state index contributed by atoms with van der Waals surface area (Å²) in [5.74, 6) is -0.278. The quantitative estimate of drug-likeness (QED) is 0.845. The first kappa shape index (κ1) is 13.1. The Morgan fingerprint density at radius 3 is 2.55 bits per heavy atom. The number of aliphatic hydroxyl groups excluding tert-OH is 1. The molecule has 0 saturated carbocycles. The number of hydrogen-bond donors (Lipinski definition) is 1. The van der Waals surface area contributed by atoms with Crippen LogP contribution in [0, 0.1) is 12.8 Å². The lowest BCUT2D eigenvalue weighted by Gasteiger charge is -2.29. The predicted octanol–water partition coefficient (Wildman–Crippen LogP) is 3.47. The standard InChI is InChI=1S/C18H18O2/c1-12-6-8-14(9-7-12)17(19)16-11-10-13-4-2-3-5-15(13)18(16)20/h2-9,16,18,20H,10-11H2,1H3/t16-,18-/m1/s1. The van der Waals surface area contributed by atoms with Crippen molar-refractivity contribution in [3.63, 3.8) is 0 Å². The van der Waals surface area contributed by atoms with Crippen molar-refractivity contribution in [2.45, 2.75) is 25.9 Å². The molecular formula is C18H18O2. The SMILES string of the molecule is Cc1ccc(C(=O)[C@H]2CCc3ccccc3[C@H]2O)cc1. The lowest BCUT2D eigenvalue weighted by molar-refractivity contribution is 0.0623. The number of Topliss-reactive ketones (excluding diaryl/α,β-unsaturated/α-hetero) is 1. The molecule has 1 aliphatic carbocycles. The summed E-state index contributed by atoms with van der Waals surface area (Å²) < 4.78 is 0. The molecule has 0 saturated heterocycles. The molecule has 0 aliphatic heterocycles. The maximum absolute atomic E-state index is 12.6. The Bertz CT molecular complexity index is 628. The molecule has 0 fully saturated rings. The van der Waals surface area contributed by atoms with Gasteiger partial charge in [-0.3, -0.25) is 4.79 Å². The first-order valence-corrected chi connectivity index (χ1v) is 7.03. The van der Waals surface area contributed by atoms with Gasteiger partial charge in [0, 0.05) is 5.56 Å². The average molecular weight is 266 g/mol. The smallest absolute Gasteiger partial charge is 0.168 e. The zero-order valence-corrected chi connectivity index (χ0v) is 11.5. The van der Waals surface area contributed by atoms with Gasteiger partial charge in [-0.25, -0.2) is 0 Å². The minimum absolute atomic E-state index is 0.0482. The Morgan fingerprint density at radius 2 is 1.80 bits per heavy atom. The van der Waals surface area contributed by atoms with Crippen molar-refractivity contribution >= 4 is 5.78 Å². The van der Waals surface area contributed by atoms with E-state index in [0.29, 0.717) is 12.0 Å². The Balaban J connectivity index is 1.89. The number of rotatable bonds is 2. The summed E-state index contributed by atoms with van der Waals surface area (Å²) in [6.45, 7) is 2.00. The van der Waals surface area contributed by atoms with E-state index in [4.69, 9.17) is 0 Å². The molecule has 1 N–H and O–H groups in total. The first-order chi connectivity index (χ1) is 9.66. The topological polar surface area (TPSA) is 37.3 Å². The molecule has 20 heavy (non-hydrogen) atoms. The Labute approximate surface area is 119 Å². The van der Waals surface area contributed by atoms with Crippen molar-refractivity contribution in [1.29, 1.82) is 0 Å². The van der Waals surface area contributed by atoms with Gasteiger partial charge in [-0.05, 0) is 30.9 Å². The van der Waals surface area contributed by atoms with Gasteiger partial charge >= 0.3 is 0 Å². The molecule has 1 aliphatic rings. The van der Waals surface area contributed by atoms with Crippen molar-refractivity contribution in [2.24, 2.45) is 5.92 Å². The number of ketones is 1. The van der Waals surface area contributed by atoms with Crippen LogP contribution in [0.3, 0.4) is 0 Å². The van der Waals surface area contributed by atoms with Crippen LogP contribution < -0.4 is 0 Å². The van der Waals surface area contributed by atoms with E-state index < -0.39 is 6.10 Å². The fraction of sp³-hybridized carbons (Fsp3) is 0.278. The van der Waals surface area contributed by atoms with Crippen molar-refractivity contribution < 1.29 is 9.90 Å². The van der Waals surface area contributed by atoms with E-state index in [1.807, 2.05) is 55.5 Å². The van der Waals surface area contributed by atoms with E-state index in [9.17, 15) is 9.90 Å². The van der Waals surface area contributed by atoms with Crippen molar-refractivity contribution in [3.05, 3.63) is 70.8 Å². The molecule has 2 heteroatoms. The van der Waals surface area contributed by atoms with E-state index in [2.05, 4.69) is 0 Å². The van der Waals surface area contributed by atoms with Gasteiger partial charge in [0.15, 0.2) is 5.78 Å². The van der Waals surface area contributed by atoms with Gasteiger partial charge in [0.1, 0.15) is 0 Å². The van der Waals surface area contributed by atoms with Crippen LogP contribution in [0.5, 0.6) is 0 Å². The molecule has 0 amide bonds. The fourth-order valence-electron chi connectivity index (χ4n) is 2.94. The minimum Gasteiger partial charge on any atom is -0.388 e. The second kappa shape index (κ2) is 5.22. The molecule has 2 aromatic rings. The largest absolute Gasteiger partial charge is 0.388 e. The van der Waals surface area contributed by atoms with Gasteiger partial charge in [0.2, 0.25) is 0 Å². The normalized spacial score (nSPS) is 21.3. The molecule has 2 aromatic carbocycles. The van der Waals surface area contributed by atoms with Crippen LogP contribution >= 0.6 is 0 Å². The third-order valence-electron chi connectivity index (χ3n) is 4.15. The second-order valence-electron chi connectivity index (χ2n) is 5.52.